The second-order valence-electron chi connectivity index (χ2n) is 4.79. The van der Waals surface area contributed by atoms with Gasteiger partial charge in [0.05, 0.1) is 12.1 Å². The van der Waals surface area contributed by atoms with E-state index < -0.39 is 11.9 Å². The van der Waals surface area contributed by atoms with Crippen LogP contribution in [-0.2, 0) is 20.7 Å². The average molecular weight is 308 g/mol. The maximum atomic E-state index is 11.6. The number of carbonyl (C=O) groups excluding carboxylic acids is 2. The summed E-state index contributed by atoms with van der Waals surface area (Å²) in [5.74, 6) is -0.440. The van der Waals surface area contributed by atoms with Crippen molar-refractivity contribution in [2.45, 2.75) is 26.2 Å². The Bertz CT molecular complexity index is 604. The van der Waals surface area contributed by atoms with Crippen molar-refractivity contribution in [3.8, 4) is 0 Å². The largest absolute Gasteiger partial charge is 0.455 e. The fourth-order valence-corrected chi connectivity index (χ4v) is 2.22. The molecule has 2 heterocycles. The first kappa shape index (κ1) is 15.2. The lowest BCUT2D eigenvalue weighted by Gasteiger charge is -2.03. The van der Waals surface area contributed by atoms with Crippen LogP contribution in [0.5, 0.6) is 0 Å². The van der Waals surface area contributed by atoms with Crippen molar-refractivity contribution in [3.05, 3.63) is 34.2 Å². The molecular formula is C14H16N2O4S. The molecule has 0 spiro atoms. The SMILES string of the molecule is CC(C)c1cc(NC(=O)COC(=O)Cc2ccsc2)on1. The van der Waals surface area contributed by atoms with E-state index in [1.807, 2.05) is 30.7 Å². The molecule has 7 heteroatoms. The van der Waals surface area contributed by atoms with Crippen LogP contribution < -0.4 is 5.32 Å². The summed E-state index contributed by atoms with van der Waals surface area (Å²) in [4.78, 5) is 23.2. The van der Waals surface area contributed by atoms with Crippen LogP contribution in [0, 0.1) is 0 Å². The Labute approximate surface area is 126 Å². The molecule has 2 rings (SSSR count). The van der Waals surface area contributed by atoms with Gasteiger partial charge in [-0.1, -0.05) is 19.0 Å². The molecular weight excluding hydrogens is 292 g/mol. The monoisotopic (exact) mass is 308 g/mol. The van der Waals surface area contributed by atoms with Gasteiger partial charge < -0.3 is 9.26 Å². The molecule has 0 atom stereocenters. The van der Waals surface area contributed by atoms with E-state index in [1.165, 1.54) is 11.3 Å². The Morgan fingerprint density at radius 1 is 1.48 bits per heavy atom. The number of amides is 1. The first-order chi connectivity index (χ1) is 10.0. The van der Waals surface area contributed by atoms with Crippen molar-refractivity contribution in [3.63, 3.8) is 0 Å². The van der Waals surface area contributed by atoms with Crippen LogP contribution in [0.4, 0.5) is 5.88 Å². The Morgan fingerprint density at radius 3 is 2.90 bits per heavy atom. The summed E-state index contributed by atoms with van der Waals surface area (Å²) in [7, 11) is 0. The van der Waals surface area contributed by atoms with Crippen molar-refractivity contribution in [1.82, 2.24) is 5.16 Å². The number of hydrogen-bond donors (Lipinski definition) is 1. The van der Waals surface area contributed by atoms with Crippen molar-refractivity contribution in [2.75, 3.05) is 11.9 Å². The van der Waals surface area contributed by atoms with Crippen LogP contribution in [0.3, 0.4) is 0 Å². The predicted molar refractivity (Wildman–Crippen MR) is 78.2 cm³/mol. The highest BCUT2D eigenvalue weighted by Crippen LogP contribution is 2.17. The zero-order valence-electron chi connectivity index (χ0n) is 11.8. The second kappa shape index (κ2) is 7.03. The molecule has 0 saturated heterocycles. The van der Waals surface area contributed by atoms with E-state index in [4.69, 9.17) is 9.26 Å². The van der Waals surface area contributed by atoms with Gasteiger partial charge in [-0.3, -0.25) is 14.9 Å². The first-order valence-electron chi connectivity index (χ1n) is 6.47. The molecule has 1 amide bonds. The Hall–Kier alpha value is -2.15. The van der Waals surface area contributed by atoms with Gasteiger partial charge in [-0.05, 0) is 28.3 Å². The minimum Gasteiger partial charge on any atom is -0.455 e. The van der Waals surface area contributed by atoms with Gasteiger partial charge in [0, 0.05) is 6.07 Å². The van der Waals surface area contributed by atoms with Crippen LogP contribution in [0.1, 0.15) is 31.0 Å². The third-order valence-corrected chi connectivity index (χ3v) is 3.41. The zero-order chi connectivity index (χ0) is 15.2. The van der Waals surface area contributed by atoms with E-state index in [0.29, 0.717) is 0 Å². The Balaban J connectivity index is 1.75. The number of thiophene rings is 1. The maximum Gasteiger partial charge on any atom is 0.310 e. The summed E-state index contributed by atoms with van der Waals surface area (Å²) in [6.07, 6.45) is 0.163. The number of anilines is 1. The van der Waals surface area contributed by atoms with E-state index in [2.05, 4.69) is 10.5 Å². The number of nitrogens with zero attached hydrogens (tertiary/aromatic N) is 1. The molecule has 0 aromatic carbocycles. The van der Waals surface area contributed by atoms with E-state index in [-0.39, 0.29) is 24.8 Å². The van der Waals surface area contributed by atoms with Crippen LogP contribution >= 0.6 is 11.3 Å². The van der Waals surface area contributed by atoms with Crippen LogP contribution in [0.15, 0.2) is 27.4 Å². The molecule has 0 saturated carbocycles. The van der Waals surface area contributed by atoms with Crippen molar-refractivity contribution in [2.24, 2.45) is 0 Å². The minimum atomic E-state index is -0.458. The number of esters is 1. The van der Waals surface area contributed by atoms with Gasteiger partial charge in [0.2, 0.25) is 5.88 Å². The first-order valence-corrected chi connectivity index (χ1v) is 7.42. The smallest absolute Gasteiger partial charge is 0.310 e. The molecule has 0 aliphatic rings. The van der Waals surface area contributed by atoms with Crippen LogP contribution in [0.2, 0.25) is 0 Å². The normalized spacial score (nSPS) is 10.6. The fraction of sp³-hybridized carbons (Fsp3) is 0.357. The molecule has 0 aliphatic heterocycles. The summed E-state index contributed by atoms with van der Waals surface area (Å²) in [6, 6.07) is 3.49. The van der Waals surface area contributed by atoms with Gasteiger partial charge in [0.15, 0.2) is 6.61 Å². The molecule has 0 bridgehead atoms. The summed E-state index contributed by atoms with van der Waals surface area (Å²) >= 11 is 1.51. The van der Waals surface area contributed by atoms with Gasteiger partial charge in [-0.25, -0.2) is 0 Å². The zero-order valence-corrected chi connectivity index (χ0v) is 12.6. The molecule has 2 aromatic heterocycles. The summed E-state index contributed by atoms with van der Waals surface area (Å²) in [6.45, 7) is 3.59. The van der Waals surface area contributed by atoms with Gasteiger partial charge in [0.25, 0.3) is 5.91 Å². The molecule has 0 fully saturated rings. The summed E-state index contributed by atoms with van der Waals surface area (Å²) in [5, 5.41) is 10.1. The number of nitrogens with one attached hydrogen (secondary N) is 1. The Morgan fingerprint density at radius 2 is 2.29 bits per heavy atom. The number of carbonyl (C=O) groups is 2. The molecule has 0 aliphatic carbocycles. The molecule has 0 radical (unpaired) electrons. The van der Waals surface area contributed by atoms with Gasteiger partial charge in [-0.2, -0.15) is 11.3 Å². The lowest BCUT2D eigenvalue weighted by molar-refractivity contribution is -0.146. The average Bonchev–Trinajstić information content (AvgIpc) is 3.08. The van der Waals surface area contributed by atoms with Crippen molar-refractivity contribution in [1.29, 1.82) is 0 Å². The molecule has 0 unspecified atom stereocenters. The minimum absolute atomic E-state index is 0.163. The second-order valence-corrected chi connectivity index (χ2v) is 5.57. The Kier molecular flexibility index (Phi) is 5.10. The molecule has 2 aromatic rings. The lowest BCUT2D eigenvalue weighted by Crippen LogP contribution is -2.21. The number of hydrogen-bond acceptors (Lipinski definition) is 6. The lowest BCUT2D eigenvalue weighted by atomic mass is 10.1. The molecule has 6 nitrogen and oxygen atoms in total. The molecule has 1 N–H and O–H groups in total. The maximum absolute atomic E-state index is 11.6. The highest BCUT2D eigenvalue weighted by molar-refractivity contribution is 7.07. The van der Waals surface area contributed by atoms with Crippen LogP contribution in [-0.4, -0.2) is 23.6 Å². The topological polar surface area (TPSA) is 81.4 Å². The number of aromatic nitrogens is 1. The molecule has 21 heavy (non-hydrogen) atoms. The third kappa shape index (κ3) is 4.71. The fourth-order valence-electron chi connectivity index (χ4n) is 1.55. The molecule has 112 valence electrons. The van der Waals surface area contributed by atoms with E-state index in [9.17, 15) is 9.59 Å². The highest BCUT2D eigenvalue weighted by atomic mass is 32.1. The predicted octanol–water partition coefficient (Wildman–Crippen LogP) is 2.58. The van der Waals surface area contributed by atoms with Gasteiger partial charge in [0.1, 0.15) is 0 Å². The van der Waals surface area contributed by atoms with E-state index in [0.717, 1.165) is 11.3 Å². The van der Waals surface area contributed by atoms with Gasteiger partial charge in [-0.15, -0.1) is 0 Å². The standard InChI is InChI=1S/C14H16N2O4S/c1-9(2)11-6-13(20-16-11)15-12(17)7-19-14(18)5-10-3-4-21-8-10/h3-4,6,8-9H,5,7H2,1-2H3,(H,15,17). The highest BCUT2D eigenvalue weighted by Gasteiger charge is 2.12. The van der Waals surface area contributed by atoms with Gasteiger partial charge >= 0.3 is 5.97 Å². The van der Waals surface area contributed by atoms with E-state index in [1.54, 1.807) is 6.07 Å². The summed E-state index contributed by atoms with van der Waals surface area (Å²) < 4.78 is 9.86. The van der Waals surface area contributed by atoms with Crippen molar-refractivity contribution < 1.29 is 18.8 Å². The quantitative estimate of drug-likeness (QED) is 0.829. The number of ether oxygens (including phenoxy) is 1. The number of rotatable bonds is 6. The van der Waals surface area contributed by atoms with Crippen LogP contribution in [0.25, 0.3) is 0 Å². The third-order valence-electron chi connectivity index (χ3n) is 2.68. The van der Waals surface area contributed by atoms with E-state index >= 15 is 0 Å². The van der Waals surface area contributed by atoms with Crippen molar-refractivity contribution >= 4 is 29.1 Å². The summed E-state index contributed by atoms with van der Waals surface area (Å²) in [5.41, 5.74) is 1.63.